The van der Waals surface area contributed by atoms with Crippen LogP contribution < -0.4 is 5.32 Å². The van der Waals surface area contributed by atoms with Crippen LogP contribution in [0.3, 0.4) is 0 Å². The Hall–Kier alpha value is -3.26. The molecule has 0 spiro atoms. The molecule has 1 fully saturated rings. The van der Waals surface area contributed by atoms with E-state index in [1.165, 1.54) is 31.0 Å². The third-order valence-electron chi connectivity index (χ3n) is 6.15. The Morgan fingerprint density at radius 1 is 1.22 bits per heavy atom. The molecule has 0 aliphatic carbocycles. The van der Waals surface area contributed by atoms with E-state index in [2.05, 4.69) is 15.2 Å². The van der Waals surface area contributed by atoms with E-state index in [0.29, 0.717) is 28.6 Å². The molecule has 2 heterocycles. The van der Waals surface area contributed by atoms with Gasteiger partial charge in [-0.2, -0.15) is 0 Å². The van der Waals surface area contributed by atoms with Crippen molar-refractivity contribution in [1.29, 1.82) is 0 Å². The topological polar surface area (TPSA) is 91.3 Å². The molecule has 8 heteroatoms. The summed E-state index contributed by atoms with van der Waals surface area (Å²) in [7, 11) is 0. The largest absolute Gasteiger partial charge is 0.361 e. The van der Waals surface area contributed by atoms with Crippen molar-refractivity contribution in [2.75, 3.05) is 26.2 Å². The number of fused-ring (bicyclic) bond motifs is 1. The van der Waals surface area contributed by atoms with E-state index < -0.39 is 16.7 Å². The molecule has 0 radical (unpaired) electrons. The van der Waals surface area contributed by atoms with E-state index in [1.807, 2.05) is 6.92 Å². The molecule has 7 nitrogen and oxygen atoms in total. The van der Waals surface area contributed by atoms with E-state index in [-0.39, 0.29) is 18.0 Å². The highest BCUT2D eigenvalue weighted by molar-refractivity contribution is 5.87. The van der Waals surface area contributed by atoms with Gasteiger partial charge in [-0.15, -0.1) is 0 Å². The highest BCUT2D eigenvalue weighted by atomic mass is 19.1. The van der Waals surface area contributed by atoms with Crippen molar-refractivity contribution in [2.45, 2.75) is 32.1 Å². The van der Waals surface area contributed by atoms with Crippen molar-refractivity contribution in [1.82, 2.24) is 15.2 Å². The van der Waals surface area contributed by atoms with Crippen LogP contribution in [0.25, 0.3) is 10.9 Å². The van der Waals surface area contributed by atoms with Gasteiger partial charge in [-0.3, -0.25) is 14.9 Å². The van der Waals surface area contributed by atoms with Crippen LogP contribution in [0.15, 0.2) is 42.6 Å². The fourth-order valence-corrected chi connectivity index (χ4v) is 4.47. The number of rotatable bonds is 8. The van der Waals surface area contributed by atoms with E-state index in [4.69, 9.17) is 0 Å². The summed E-state index contributed by atoms with van der Waals surface area (Å²) >= 11 is 0. The average molecular weight is 439 g/mol. The normalized spacial score (nSPS) is 15.2. The third kappa shape index (κ3) is 4.80. The van der Waals surface area contributed by atoms with Gasteiger partial charge in [-0.05, 0) is 56.1 Å². The molecule has 0 unspecified atom stereocenters. The van der Waals surface area contributed by atoms with Crippen molar-refractivity contribution in [3.63, 3.8) is 0 Å². The van der Waals surface area contributed by atoms with Gasteiger partial charge < -0.3 is 15.2 Å². The lowest BCUT2D eigenvalue weighted by Gasteiger charge is -2.19. The number of aryl methyl sites for hydroxylation is 1. The quantitative estimate of drug-likeness (QED) is 0.406. The van der Waals surface area contributed by atoms with E-state index in [9.17, 15) is 19.3 Å². The van der Waals surface area contributed by atoms with Gasteiger partial charge in [-0.25, -0.2) is 4.39 Å². The Morgan fingerprint density at radius 3 is 2.75 bits per heavy atom. The van der Waals surface area contributed by atoms with Crippen molar-refractivity contribution in [2.24, 2.45) is 0 Å². The van der Waals surface area contributed by atoms with Crippen molar-refractivity contribution in [3.05, 3.63) is 75.2 Å². The first-order valence-electron chi connectivity index (χ1n) is 10.9. The molecule has 3 aromatic rings. The first kappa shape index (κ1) is 22.0. The minimum absolute atomic E-state index is 0.0446. The Labute approximate surface area is 185 Å². The molecule has 1 atom stereocenters. The maximum atomic E-state index is 14.9. The van der Waals surface area contributed by atoms with Crippen molar-refractivity contribution < 1.29 is 14.1 Å². The third-order valence-corrected chi connectivity index (χ3v) is 6.15. The molecule has 1 aliphatic heterocycles. The summed E-state index contributed by atoms with van der Waals surface area (Å²) in [5.41, 5.74) is 2.62. The van der Waals surface area contributed by atoms with Crippen LogP contribution in [0.5, 0.6) is 0 Å². The first-order valence-corrected chi connectivity index (χ1v) is 10.9. The summed E-state index contributed by atoms with van der Waals surface area (Å²) in [5, 5.41) is 14.9. The van der Waals surface area contributed by atoms with Gasteiger partial charge in [0, 0.05) is 54.7 Å². The van der Waals surface area contributed by atoms with Crippen LogP contribution in [-0.4, -0.2) is 46.9 Å². The first-order chi connectivity index (χ1) is 15.4. The molecule has 2 aromatic carbocycles. The van der Waals surface area contributed by atoms with Gasteiger partial charge in [0.2, 0.25) is 5.91 Å². The second-order valence-electron chi connectivity index (χ2n) is 8.41. The summed E-state index contributed by atoms with van der Waals surface area (Å²) in [6.45, 7) is 5.33. The number of benzene rings is 2. The Kier molecular flexibility index (Phi) is 6.50. The molecule has 0 saturated carbocycles. The number of nitrogens with zero attached hydrogens (tertiary/aromatic N) is 2. The predicted octanol–water partition coefficient (Wildman–Crippen LogP) is 4.26. The molecule has 32 heavy (non-hydrogen) atoms. The smallest absolute Gasteiger partial charge is 0.270 e. The molecule has 0 bridgehead atoms. The van der Waals surface area contributed by atoms with Crippen LogP contribution in [0, 0.1) is 22.9 Å². The number of carbonyl (C=O) groups is 1. The Bertz CT molecular complexity index is 1140. The minimum Gasteiger partial charge on any atom is -0.361 e. The summed E-state index contributed by atoms with van der Waals surface area (Å²) in [6.07, 6.45) is 4.15. The van der Waals surface area contributed by atoms with E-state index in [0.717, 1.165) is 25.2 Å². The van der Waals surface area contributed by atoms with Gasteiger partial charge in [0.15, 0.2) is 0 Å². The van der Waals surface area contributed by atoms with Gasteiger partial charge in [0.05, 0.1) is 4.92 Å². The highest BCUT2D eigenvalue weighted by Gasteiger charge is 2.25. The molecule has 4 rings (SSSR count). The van der Waals surface area contributed by atoms with Gasteiger partial charge in [0.1, 0.15) is 5.82 Å². The number of aromatic amines is 1. The van der Waals surface area contributed by atoms with Crippen LogP contribution in [0.4, 0.5) is 10.1 Å². The lowest BCUT2D eigenvalue weighted by Crippen LogP contribution is -2.34. The summed E-state index contributed by atoms with van der Waals surface area (Å²) in [6, 6.07) is 9.37. The number of hydrogen-bond acceptors (Lipinski definition) is 4. The lowest BCUT2D eigenvalue weighted by molar-refractivity contribution is -0.384. The standard InChI is InChI=1S/C24H27FN4O3/c1-16-4-6-22(25)19(12-16)18(14-24(30)26-8-11-28-9-2-3-10-28)21-15-27-23-7-5-17(29(31)32)13-20(21)23/h4-7,12-13,15,18,27H,2-3,8-11,14H2,1H3,(H,26,30)/t18-/m0/s1. The predicted molar refractivity (Wildman–Crippen MR) is 121 cm³/mol. The Morgan fingerprint density at radius 2 is 2.00 bits per heavy atom. The van der Waals surface area contributed by atoms with Crippen molar-refractivity contribution in [3.8, 4) is 0 Å². The van der Waals surface area contributed by atoms with Crippen LogP contribution >= 0.6 is 0 Å². The van der Waals surface area contributed by atoms with Crippen LogP contribution in [-0.2, 0) is 4.79 Å². The summed E-state index contributed by atoms with van der Waals surface area (Å²) in [5.74, 6) is -1.14. The maximum Gasteiger partial charge on any atom is 0.270 e. The van der Waals surface area contributed by atoms with Gasteiger partial charge in [0.25, 0.3) is 5.69 Å². The lowest BCUT2D eigenvalue weighted by atomic mass is 9.86. The SMILES string of the molecule is Cc1ccc(F)c([C@H](CC(=O)NCCN2CCCC2)c2c[nH]c3ccc([N+](=O)[O-])cc23)c1. The molecule has 1 aromatic heterocycles. The van der Waals surface area contributed by atoms with E-state index >= 15 is 0 Å². The number of non-ortho nitro benzene ring substituents is 1. The Balaban J connectivity index is 1.63. The summed E-state index contributed by atoms with van der Waals surface area (Å²) < 4.78 is 14.9. The van der Waals surface area contributed by atoms with Gasteiger partial charge >= 0.3 is 0 Å². The molecule has 1 saturated heterocycles. The maximum absolute atomic E-state index is 14.9. The van der Waals surface area contributed by atoms with E-state index in [1.54, 1.807) is 24.4 Å². The van der Waals surface area contributed by atoms with Gasteiger partial charge in [-0.1, -0.05) is 17.7 Å². The number of aromatic nitrogens is 1. The fourth-order valence-electron chi connectivity index (χ4n) is 4.47. The zero-order chi connectivity index (χ0) is 22.7. The zero-order valence-electron chi connectivity index (χ0n) is 18.1. The number of nitro groups is 1. The number of H-pyrrole nitrogens is 1. The molecule has 1 aliphatic rings. The zero-order valence-corrected chi connectivity index (χ0v) is 18.1. The summed E-state index contributed by atoms with van der Waals surface area (Å²) in [4.78, 5) is 29.1. The van der Waals surface area contributed by atoms with Crippen molar-refractivity contribution >= 4 is 22.5 Å². The molecule has 2 N–H and O–H groups in total. The second kappa shape index (κ2) is 9.48. The number of amides is 1. The number of carbonyl (C=O) groups excluding carboxylic acids is 1. The monoisotopic (exact) mass is 438 g/mol. The second-order valence-corrected chi connectivity index (χ2v) is 8.41. The number of likely N-dealkylation sites (tertiary alicyclic amines) is 1. The molecule has 1 amide bonds. The van der Waals surface area contributed by atoms with Crippen LogP contribution in [0.2, 0.25) is 0 Å². The van der Waals surface area contributed by atoms with Crippen LogP contribution in [0.1, 0.15) is 41.9 Å². The molecular weight excluding hydrogens is 411 g/mol. The average Bonchev–Trinajstić information content (AvgIpc) is 3.43. The molecule has 168 valence electrons. The highest BCUT2D eigenvalue weighted by Crippen LogP contribution is 2.36. The molecular formula is C24H27FN4O3. The fraction of sp³-hybridized carbons (Fsp3) is 0.375. The number of hydrogen-bond donors (Lipinski definition) is 2. The number of nitrogens with one attached hydrogen (secondary N) is 2. The number of halogens is 1. The number of nitro benzene ring substituents is 1. The minimum atomic E-state index is -0.572.